The Bertz CT molecular complexity index is 194. The van der Waals surface area contributed by atoms with Crippen LogP contribution in [0.4, 0.5) is 0 Å². The number of rotatable bonds is 3. The molecule has 0 aromatic heterocycles. The van der Waals surface area contributed by atoms with Crippen molar-refractivity contribution in [2.45, 2.75) is 37.8 Å². The third kappa shape index (κ3) is 2.92. The van der Waals surface area contributed by atoms with E-state index in [1.807, 2.05) is 19.1 Å². The summed E-state index contributed by atoms with van der Waals surface area (Å²) in [6, 6.07) is 0. The minimum atomic E-state index is -0.0688. The monoisotopic (exact) mass is 201 g/mol. The molecule has 3 N–H and O–H groups in total. The van der Waals surface area contributed by atoms with Gasteiger partial charge in [0.1, 0.15) is 0 Å². The zero-order valence-corrected chi connectivity index (χ0v) is 9.76. The average molecular weight is 201 g/mol. The van der Waals surface area contributed by atoms with Crippen LogP contribution in [-0.2, 0) is 4.74 Å². The first-order valence-corrected chi connectivity index (χ1v) is 5.18. The van der Waals surface area contributed by atoms with E-state index in [2.05, 4.69) is 19.3 Å². The van der Waals surface area contributed by atoms with E-state index in [1.165, 1.54) is 0 Å². The Morgan fingerprint density at radius 1 is 1.43 bits per heavy atom. The fourth-order valence-electron chi connectivity index (χ4n) is 2.27. The molecule has 1 aliphatic heterocycles. The van der Waals surface area contributed by atoms with E-state index in [9.17, 15) is 0 Å². The van der Waals surface area contributed by atoms with Gasteiger partial charge in [-0.1, -0.05) is 0 Å². The molecule has 1 rings (SSSR count). The third-order valence-electron chi connectivity index (χ3n) is 2.69. The van der Waals surface area contributed by atoms with E-state index >= 15 is 0 Å². The Morgan fingerprint density at radius 3 is 2.50 bits per heavy atom. The smallest absolute Gasteiger partial charge is 0.0645 e. The van der Waals surface area contributed by atoms with E-state index in [1.54, 1.807) is 0 Å². The molecule has 14 heavy (non-hydrogen) atoms. The Hall–Kier alpha value is -0.160. The average Bonchev–Trinajstić information content (AvgIpc) is 2.01. The molecular weight excluding hydrogens is 178 g/mol. The lowest BCUT2D eigenvalue weighted by atomic mass is 9.82. The third-order valence-corrected chi connectivity index (χ3v) is 2.69. The lowest BCUT2D eigenvalue weighted by molar-refractivity contribution is -0.0969. The number of hydrazine groups is 1. The van der Waals surface area contributed by atoms with Gasteiger partial charge in [0.2, 0.25) is 0 Å². The number of hydrogen-bond donors (Lipinski definition) is 2. The van der Waals surface area contributed by atoms with Crippen molar-refractivity contribution in [3.63, 3.8) is 0 Å². The van der Waals surface area contributed by atoms with Gasteiger partial charge in [-0.05, 0) is 26.7 Å². The highest BCUT2D eigenvalue weighted by Crippen LogP contribution is 2.31. The molecule has 1 fully saturated rings. The predicted molar refractivity (Wildman–Crippen MR) is 57.9 cm³/mol. The van der Waals surface area contributed by atoms with Gasteiger partial charge in [-0.25, -0.2) is 5.43 Å². The van der Waals surface area contributed by atoms with Crippen molar-refractivity contribution in [1.82, 2.24) is 10.4 Å². The highest BCUT2D eigenvalue weighted by molar-refractivity contribution is 4.96. The normalized spacial score (nSPS) is 32.1. The van der Waals surface area contributed by atoms with Crippen LogP contribution in [0, 0.1) is 0 Å². The van der Waals surface area contributed by atoms with E-state index in [0.29, 0.717) is 6.54 Å². The van der Waals surface area contributed by atoms with Crippen LogP contribution in [-0.4, -0.2) is 43.4 Å². The molecule has 4 nitrogen and oxygen atoms in total. The van der Waals surface area contributed by atoms with Gasteiger partial charge in [-0.2, -0.15) is 0 Å². The Morgan fingerprint density at radius 2 is 2.07 bits per heavy atom. The van der Waals surface area contributed by atoms with Gasteiger partial charge >= 0.3 is 0 Å². The van der Waals surface area contributed by atoms with Gasteiger partial charge in [0.15, 0.2) is 0 Å². The number of hydrogen-bond acceptors (Lipinski definition) is 4. The maximum absolute atomic E-state index is 5.86. The van der Waals surface area contributed by atoms with Gasteiger partial charge in [-0.15, -0.1) is 0 Å². The standard InChI is InChI=1S/C10H23N3O/c1-9(2)7-10(8-11,5-6-14-9)12-13(3)4/h12H,5-8,11H2,1-4H3. The fraction of sp³-hybridized carbons (Fsp3) is 1.00. The van der Waals surface area contributed by atoms with Gasteiger partial charge in [-0.3, -0.25) is 5.01 Å². The largest absolute Gasteiger partial charge is 0.375 e. The maximum atomic E-state index is 5.86. The topological polar surface area (TPSA) is 50.5 Å². The van der Waals surface area contributed by atoms with Crippen molar-refractivity contribution < 1.29 is 4.74 Å². The first kappa shape index (κ1) is 11.9. The summed E-state index contributed by atoms with van der Waals surface area (Å²) in [5, 5.41) is 1.98. The summed E-state index contributed by atoms with van der Waals surface area (Å²) in [7, 11) is 4.00. The summed E-state index contributed by atoms with van der Waals surface area (Å²) in [4.78, 5) is 0. The molecule has 84 valence electrons. The second-order valence-electron chi connectivity index (χ2n) is 5.03. The maximum Gasteiger partial charge on any atom is 0.0645 e. The second-order valence-corrected chi connectivity index (χ2v) is 5.03. The first-order valence-electron chi connectivity index (χ1n) is 5.18. The van der Waals surface area contributed by atoms with Crippen LogP contribution in [0.25, 0.3) is 0 Å². The molecule has 0 aromatic rings. The number of ether oxygens (including phenoxy) is 1. The van der Waals surface area contributed by atoms with Crippen LogP contribution in [0.2, 0.25) is 0 Å². The minimum Gasteiger partial charge on any atom is -0.375 e. The van der Waals surface area contributed by atoms with Crippen LogP contribution in [0.15, 0.2) is 0 Å². The minimum absolute atomic E-state index is 0.00521. The molecule has 1 aliphatic rings. The lowest BCUT2D eigenvalue weighted by Gasteiger charge is -2.46. The van der Waals surface area contributed by atoms with E-state index < -0.39 is 0 Å². The summed E-state index contributed by atoms with van der Waals surface area (Å²) >= 11 is 0. The predicted octanol–water partition coefficient (Wildman–Crippen LogP) is 0.339. The van der Waals surface area contributed by atoms with E-state index in [-0.39, 0.29) is 11.1 Å². The molecule has 1 unspecified atom stereocenters. The summed E-state index contributed by atoms with van der Waals surface area (Å²) in [5.41, 5.74) is 9.23. The van der Waals surface area contributed by atoms with Gasteiger partial charge in [0.25, 0.3) is 0 Å². The molecule has 0 aliphatic carbocycles. The summed E-state index contributed by atoms with van der Waals surface area (Å²) in [5.74, 6) is 0. The van der Waals surface area contributed by atoms with Gasteiger partial charge in [0, 0.05) is 32.8 Å². The molecule has 0 bridgehead atoms. The molecule has 0 spiro atoms. The van der Waals surface area contributed by atoms with Crippen LogP contribution in [0.1, 0.15) is 26.7 Å². The van der Waals surface area contributed by atoms with Crippen LogP contribution < -0.4 is 11.2 Å². The highest BCUT2D eigenvalue weighted by Gasteiger charge is 2.40. The number of nitrogens with two attached hydrogens (primary N) is 1. The van der Waals surface area contributed by atoms with Gasteiger partial charge in [0.05, 0.1) is 5.60 Å². The highest BCUT2D eigenvalue weighted by atomic mass is 16.5. The van der Waals surface area contributed by atoms with Gasteiger partial charge < -0.3 is 10.5 Å². The molecular formula is C10H23N3O. The molecule has 1 atom stereocenters. The van der Waals surface area contributed by atoms with E-state index in [4.69, 9.17) is 10.5 Å². The zero-order chi connectivity index (χ0) is 10.8. The van der Waals surface area contributed by atoms with Crippen LogP contribution >= 0.6 is 0 Å². The zero-order valence-electron chi connectivity index (χ0n) is 9.76. The van der Waals surface area contributed by atoms with Crippen molar-refractivity contribution in [2.24, 2.45) is 5.73 Å². The lowest BCUT2D eigenvalue weighted by Crippen LogP contribution is -2.62. The molecule has 0 radical (unpaired) electrons. The molecule has 1 saturated heterocycles. The van der Waals surface area contributed by atoms with Crippen molar-refractivity contribution in [1.29, 1.82) is 0 Å². The molecule has 0 aromatic carbocycles. The Kier molecular flexibility index (Phi) is 3.53. The molecule has 1 heterocycles. The summed E-state index contributed by atoms with van der Waals surface area (Å²) in [6.45, 7) is 5.67. The van der Waals surface area contributed by atoms with Crippen molar-refractivity contribution in [3.05, 3.63) is 0 Å². The number of nitrogens with zero attached hydrogens (tertiary/aromatic N) is 1. The second kappa shape index (κ2) is 4.14. The van der Waals surface area contributed by atoms with E-state index in [0.717, 1.165) is 19.4 Å². The molecule has 0 saturated carbocycles. The summed E-state index contributed by atoms with van der Waals surface area (Å²) in [6.07, 6.45) is 1.93. The van der Waals surface area contributed by atoms with Crippen LogP contribution in [0.5, 0.6) is 0 Å². The quantitative estimate of drug-likeness (QED) is 0.647. The SMILES string of the molecule is CN(C)NC1(CN)CCOC(C)(C)C1. The Balaban J connectivity index is 2.68. The van der Waals surface area contributed by atoms with Crippen LogP contribution in [0.3, 0.4) is 0 Å². The fourth-order valence-corrected chi connectivity index (χ4v) is 2.27. The molecule has 0 amide bonds. The first-order chi connectivity index (χ1) is 6.39. The van der Waals surface area contributed by atoms with Crippen molar-refractivity contribution in [3.8, 4) is 0 Å². The van der Waals surface area contributed by atoms with Crippen molar-refractivity contribution in [2.75, 3.05) is 27.2 Å². The van der Waals surface area contributed by atoms with Crippen molar-refractivity contribution >= 4 is 0 Å². The summed E-state index contributed by atoms with van der Waals surface area (Å²) < 4.78 is 5.69. The Labute approximate surface area is 86.8 Å². The molecule has 4 heteroatoms. The number of nitrogens with one attached hydrogen (secondary N) is 1.